The van der Waals surface area contributed by atoms with E-state index in [2.05, 4.69) is 10.3 Å². The number of aromatic hydroxyl groups is 1. The van der Waals surface area contributed by atoms with Crippen molar-refractivity contribution in [2.45, 2.75) is 38.3 Å². The van der Waals surface area contributed by atoms with E-state index in [9.17, 15) is 9.90 Å². The number of hydrogen-bond acceptors (Lipinski definition) is 5. The van der Waals surface area contributed by atoms with Crippen LogP contribution in [0.5, 0.6) is 17.4 Å². The third-order valence-electron chi connectivity index (χ3n) is 4.29. The first kappa shape index (κ1) is 17.1. The number of methoxy groups -OCH3 is 1. The van der Waals surface area contributed by atoms with Gasteiger partial charge in [-0.3, -0.25) is 4.79 Å². The molecule has 0 spiro atoms. The third-order valence-corrected chi connectivity index (χ3v) is 4.29. The van der Waals surface area contributed by atoms with E-state index in [0.717, 1.165) is 18.4 Å². The van der Waals surface area contributed by atoms with Crippen LogP contribution in [0.25, 0.3) is 0 Å². The fourth-order valence-corrected chi connectivity index (χ4v) is 2.86. The van der Waals surface area contributed by atoms with Crippen LogP contribution in [0.3, 0.4) is 0 Å². The lowest BCUT2D eigenvalue weighted by atomic mass is 10.1. The zero-order valence-electron chi connectivity index (χ0n) is 14.2. The number of phenols is 1. The van der Waals surface area contributed by atoms with Crippen molar-refractivity contribution in [3.05, 3.63) is 47.7 Å². The molecule has 3 rings (SSSR count). The molecule has 0 unspecified atom stereocenters. The summed E-state index contributed by atoms with van der Waals surface area (Å²) in [6.45, 7) is 0.312. The van der Waals surface area contributed by atoms with Gasteiger partial charge in [0.1, 0.15) is 17.6 Å². The first-order valence-corrected chi connectivity index (χ1v) is 8.42. The summed E-state index contributed by atoms with van der Waals surface area (Å²) in [7, 11) is 1.51. The molecule has 1 aromatic heterocycles. The number of carbonyl (C=O) groups excluding carboxylic acids is 1. The van der Waals surface area contributed by atoms with E-state index in [-0.39, 0.29) is 23.3 Å². The Balaban J connectivity index is 1.56. The van der Waals surface area contributed by atoms with Crippen LogP contribution in [0.15, 0.2) is 36.5 Å². The molecule has 0 aliphatic heterocycles. The number of nitrogens with one attached hydrogen (secondary N) is 1. The molecule has 6 nitrogen and oxygen atoms in total. The summed E-state index contributed by atoms with van der Waals surface area (Å²) < 4.78 is 10.9. The van der Waals surface area contributed by atoms with Crippen molar-refractivity contribution < 1.29 is 19.4 Å². The number of benzene rings is 1. The molecule has 6 heteroatoms. The highest BCUT2D eigenvalue weighted by molar-refractivity contribution is 5.97. The molecule has 1 fully saturated rings. The van der Waals surface area contributed by atoms with Gasteiger partial charge in [-0.25, -0.2) is 4.98 Å². The number of carbonyl (C=O) groups is 1. The number of phenolic OH excluding ortho intramolecular Hbond substituents is 1. The second-order valence-electron chi connectivity index (χ2n) is 6.09. The van der Waals surface area contributed by atoms with Crippen molar-refractivity contribution in [2.24, 2.45) is 0 Å². The van der Waals surface area contributed by atoms with Gasteiger partial charge in [-0.15, -0.1) is 0 Å². The van der Waals surface area contributed by atoms with Crippen LogP contribution in [0.4, 0.5) is 0 Å². The first-order valence-electron chi connectivity index (χ1n) is 8.42. The molecule has 1 aliphatic rings. The minimum atomic E-state index is -0.373. The van der Waals surface area contributed by atoms with Gasteiger partial charge in [0.05, 0.1) is 12.7 Å². The number of hydrogen-bond donors (Lipinski definition) is 2. The summed E-state index contributed by atoms with van der Waals surface area (Å²) in [5.41, 5.74) is 1.03. The highest BCUT2D eigenvalue weighted by atomic mass is 16.5. The monoisotopic (exact) mass is 342 g/mol. The van der Waals surface area contributed by atoms with Crippen LogP contribution in [-0.2, 0) is 6.54 Å². The van der Waals surface area contributed by atoms with E-state index in [0.29, 0.717) is 18.2 Å². The maximum Gasteiger partial charge on any atom is 0.255 e. The lowest BCUT2D eigenvalue weighted by Gasteiger charge is -2.12. The van der Waals surface area contributed by atoms with Gasteiger partial charge in [0.25, 0.3) is 5.91 Å². The van der Waals surface area contributed by atoms with E-state index in [1.165, 1.54) is 32.1 Å². The number of ether oxygens (including phenoxy) is 2. The van der Waals surface area contributed by atoms with Gasteiger partial charge in [-0.1, -0.05) is 6.07 Å². The molecule has 0 radical (unpaired) electrons. The molecular weight excluding hydrogens is 320 g/mol. The molecule has 132 valence electrons. The number of nitrogens with zero attached hydrogens (tertiary/aromatic N) is 1. The highest BCUT2D eigenvalue weighted by Crippen LogP contribution is 2.24. The van der Waals surface area contributed by atoms with Crippen molar-refractivity contribution in [2.75, 3.05) is 7.11 Å². The van der Waals surface area contributed by atoms with Crippen molar-refractivity contribution in [3.8, 4) is 17.4 Å². The number of amides is 1. The Bertz CT molecular complexity index is 725. The van der Waals surface area contributed by atoms with Gasteiger partial charge in [-0.05, 0) is 49.4 Å². The zero-order chi connectivity index (χ0) is 17.6. The standard InChI is InChI=1S/C19H22N2O4/c1-24-15-7-8-17(22)16(10-15)19(23)21-12-13-6-9-18(20-11-13)25-14-4-2-3-5-14/h6-11,14,22H,2-5,12H2,1H3,(H,21,23). The van der Waals surface area contributed by atoms with Gasteiger partial charge in [0, 0.05) is 18.8 Å². The summed E-state index contributed by atoms with van der Waals surface area (Å²) >= 11 is 0. The molecule has 1 saturated carbocycles. The van der Waals surface area contributed by atoms with Crippen LogP contribution in [0.1, 0.15) is 41.6 Å². The first-order chi connectivity index (χ1) is 12.2. The van der Waals surface area contributed by atoms with Crippen LogP contribution < -0.4 is 14.8 Å². The average molecular weight is 342 g/mol. The predicted molar refractivity (Wildman–Crippen MR) is 93.0 cm³/mol. The van der Waals surface area contributed by atoms with E-state index in [1.54, 1.807) is 12.3 Å². The lowest BCUT2D eigenvalue weighted by molar-refractivity contribution is 0.0948. The average Bonchev–Trinajstić information content (AvgIpc) is 3.14. The predicted octanol–water partition coefficient (Wildman–Crippen LogP) is 3.05. The van der Waals surface area contributed by atoms with Gasteiger partial charge < -0.3 is 19.9 Å². The maximum absolute atomic E-state index is 12.2. The smallest absolute Gasteiger partial charge is 0.255 e. The summed E-state index contributed by atoms with van der Waals surface area (Å²) in [5, 5.41) is 12.6. The number of pyridine rings is 1. The third kappa shape index (κ3) is 4.41. The van der Waals surface area contributed by atoms with E-state index >= 15 is 0 Å². The molecule has 25 heavy (non-hydrogen) atoms. The lowest BCUT2D eigenvalue weighted by Crippen LogP contribution is -2.23. The molecule has 1 aromatic carbocycles. The number of aromatic nitrogens is 1. The molecule has 2 N–H and O–H groups in total. The Morgan fingerprint density at radius 3 is 2.76 bits per heavy atom. The van der Waals surface area contributed by atoms with Gasteiger partial charge in [0.2, 0.25) is 5.88 Å². The summed E-state index contributed by atoms with van der Waals surface area (Å²) in [6.07, 6.45) is 6.56. The summed E-state index contributed by atoms with van der Waals surface area (Å²) in [6, 6.07) is 8.23. The van der Waals surface area contributed by atoms with Crippen LogP contribution >= 0.6 is 0 Å². The Labute approximate surface area is 146 Å². The number of rotatable bonds is 6. The van der Waals surface area contributed by atoms with E-state index in [1.807, 2.05) is 12.1 Å². The Hall–Kier alpha value is -2.76. The largest absolute Gasteiger partial charge is 0.507 e. The van der Waals surface area contributed by atoms with Crippen molar-refractivity contribution in [1.29, 1.82) is 0 Å². The van der Waals surface area contributed by atoms with Crippen LogP contribution in [0.2, 0.25) is 0 Å². The SMILES string of the molecule is COc1ccc(O)c(C(=O)NCc2ccc(OC3CCCC3)nc2)c1. The molecule has 0 bridgehead atoms. The zero-order valence-corrected chi connectivity index (χ0v) is 14.2. The fourth-order valence-electron chi connectivity index (χ4n) is 2.86. The minimum Gasteiger partial charge on any atom is -0.507 e. The van der Waals surface area contributed by atoms with Gasteiger partial charge in [-0.2, -0.15) is 0 Å². The molecule has 2 aromatic rings. The van der Waals surface area contributed by atoms with Crippen molar-refractivity contribution in [3.63, 3.8) is 0 Å². The molecule has 0 saturated heterocycles. The van der Waals surface area contributed by atoms with Crippen molar-refractivity contribution >= 4 is 5.91 Å². The highest BCUT2D eigenvalue weighted by Gasteiger charge is 2.17. The van der Waals surface area contributed by atoms with Crippen LogP contribution in [0, 0.1) is 0 Å². The molecule has 1 amide bonds. The van der Waals surface area contributed by atoms with E-state index < -0.39 is 0 Å². The Morgan fingerprint density at radius 2 is 2.08 bits per heavy atom. The second-order valence-corrected chi connectivity index (χ2v) is 6.09. The second kappa shape index (κ2) is 7.88. The van der Waals surface area contributed by atoms with Crippen LogP contribution in [-0.4, -0.2) is 29.2 Å². The maximum atomic E-state index is 12.2. The normalized spacial score (nSPS) is 14.3. The van der Waals surface area contributed by atoms with Crippen molar-refractivity contribution in [1.82, 2.24) is 10.3 Å². The summed E-state index contributed by atoms with van der Waals surface area (Å²) in [4.78, 5) is 16.5. The van der Waals surface area contributed by atoms with Gasteiger partial charge >= 0.3 is 0 Å². The molecule has 0 atom stereocenters. The molecule has 1 heterocycles. The minimum absolute atomic E-state index is 0.0864. The quantitative estimate of drug-likeness (QED) is 0.843. The van der Waals surface area contributed by atoms with Gasteiger partial charge in [0.15, 0.2) is 0 Å². The Morgan fingerprint density at radius 1 is 1.28 bits per heavy atom. The fraction of sp³-hybridized carbons (Fsp3) is 0.368. The molecular formula is C19H22N2O4. The topological polar surface area (TPSA) is 80.7 Å². The Kier molecular flexibility index (Phi) is 5.38. The van der Waals surface area contributed by atoms with E-state index in [4.69, 9.17) is 9.47 Å². The molecule has 1 aliphatic carbocycles. The summed E-state index contributed by atoms with van der Waals surface area (Å²) in [5.74, 6) is 0.671.